The minimum absolute atomic E-state index is 1.28. The van der Waals surface area contributed by atoms with E-state index < -0.39 is 0 Å². The van der Waals surface area contributed by atoms with Gasteiger partial charge in [0.05, 0.1) is 0 Å². The molecule has 0 aliphatic rings. The van der Waals surface area contributed by atoms with Gasteiger partial charge in [0.15, 0.2) is 0 Å². The van der Waals surface area contributed by atoms with Crippen molar-refractivity contribution in [3.05, 3.63) is 6.42 Å². The normalized spacial score (nSPS) is 10.0. The fourth-order valence-corrected chi connectivity index (χ4v) is 1.20. The Morgan fingerprint density at radius 2 is 2.00 bits per heavy atom. The Labute approximate surface area is 72.6 Å². The average molecular weight is 239 g/mol. The van der Waals surface area contributed by atoms with E-state index in [1.807, 2.05) is 0 Å². The molecule has 0 aliphatic carbocycles. The summed E-state index contributed by atoms with van der Waals surface area (Å²) in [5.41, 5.74) is 0. The van der Waals surface area contributed by atoms with Gasteiger partial charge in [0.1, 0.15) is 0 Å². The Bertz CT molecular complexity index is 37.8. The van der Waals surface area contributed by atoms with Crippen molar-refractivity contribution in [2.24, 2.45) is 0 Å². The highest BCUT2D eigenvalue weighted by Gasteiger charge is 1.86. The Kier molecular flexibility index (Phi) is 9.44. The van der Waals surface area contributed by atoms with Gasteiger partial charge in [-0.05, 0) is 17.3 Å². The van der Waals surface area contributed by atoms with Gasteiger partial charge in [0.2, 0.25) is 0 Å². The molecule has 0 saturated heterocycles. The van der Waals surface area contributed by atoms with E-state index in [1.165, 1.54) is 36.5 Å². The predicted molar refractivity (Wildman–Crippen MR) is 51.9 cm³/mol. The number of rotatable bonds is 6. The van der Waals surface area contributed by atoms with Crippen LogP contribution in [0.3, 0.4) is 0 Å². The summed E-state index contributed by atoms with van der Waals surface area (Å²) in [5.74, 6) is 0. The first kappa shape index (κ1) is 9.73. The third-order valence-electron chi connectivity index (χ3n) is 1.33. The number of unbranched alkanes of at least 4 members (excludes halogenated alkanes) is 5. The molecular weight excluding hydrogens is 223 g/mol. The van der Waals surface area contributed by atoms with Crippen LogP contribution in [-0.2, 0) is 0 Å². The molecule has 0 bridgehead atoms. The zero-order chi connectivity index (χ0) is 6.95. The van der Waals surface area contributed by atoms with Gasteiger partial charge in [0.25, 0.3) is 0 Å². The van der Waals surface area contributed by atoms with E-state index in [4.69, 9.17) is 0 Å². The molecule has 0 nitrogen and oxygen atoms in total. The highest BCUT2D eigenvalue weighted by Crippen LogP contribution is 2.04. The van der Waals surface area contributed by atoms with Crippen LogP contribution >= 0.6 is 22.6 Å². The second kappa shape index (κ2) is 8.73. The Hall–Kier alpha value is 0.730. The van der Waals surface area contributed by atoms with Crippen LogP contribution in [0.5, 0.6) is 0 Å². The highest BCUT2D eigenvalue weighted by molar-refractivity contribution is 14.1. The van der Waals surface area contributed by atoms with Crippen molar-refractivity contribution in [1.82, 2.24) is 0 Å². The highest BCUT2D eigenvalue weighted by atomic mass is 127. The second-order valence-electron chi connectivity index (χ2n) is 2.26. The smallest absolute Gasteiger partial charge is 0.000199 e. The molecule has 0 atom stereocenters. The lowest BCUT2D eigenvalue weighted by molar-refractivity contribution is 0.700. The number of hydrogen-bond donors (Lipinski definition) is 0. The van der Waals surface area contributed by atoms with E-state index >= 15 is 0 Å². The van der Waals surface area contributed by atoms with Crippen LogP contribution in [0.25, 0.3) is 0 Å². The van der Waals surface area contributed by atoms with Crippen molar-refractivity contribution in [3.63, 3.8) is 0 Å². The molecule has 0 fully saturated rings. The molecule has 9 heavy (non-hydrogen) atoms. The van der Waals surface area contributed by atoms with Gasteiger partial charge >= 0.3 is 0 Å². The van der Waals surface area contributed by atoms with Crippen molar-refractivity contribution in [2.75, 3.05) is 4.43 Å². The van der Waals surface area contributed by atoms with Crippen molar-refractivity contribution in [1.29, 1.82) is 0 Å². The third-order valence-corrected chi connectivity index (χ3v) is 1.95. The van der Waals surface area contributed by atoms with E-state index in [0.29, 0.717) is 0 Å². The zero-order valence-corrected chi connectivity index (χ0v) is 8.36. The van der Waals surface area contributed by atoms with Gasteiger partial charge in [-0.25, -0.2) is 0 Å². The van der Waals surface area contributed by atoms with Crippen molar-refractivity contribution in [3.8, 4) is 0 Å². The molecule has 1 heteroatoms. The molecule has 0 N–H and O–H groups in total. The Morgan fingerprint density at radius 1 is 1.22 bits per heavy atom. The molecule has 0 aromatic rings. The lowest BCUT2D eigenvalue weighted by Gasteiger charge is -1.95. The molecule has 0 saturated carbocycles. The fraction of sp³-hybridized carbons (Fsp3) is 0.875. The summed E-state index contributed by atoms with van der Waals surface area (Å²) in [6, 6.07) is 0. The molecule has 0 aromatic carbocycles. The summed E-state index contributed by atoms with van der Waals surface area (Å²) in [4.78, 5) is 0. The van der Waals surface area contributed by atoms with Crippen LogP contribution in [0.1, 0.15) is 39.0 Å². The standard InChI is InChI=1S/C8H16I/c1-2-3-4-5-6-7-8-9/h6H,2-5,7-8H2,1H3. The summed E-state index contributed by atoms with van der Waals surface area (Å²) in [6.45, 7) is 2.25. The second-order valence-corrected chi connectivity index (χ2v) is 3.34. The Balaban J connectivity index is 2.60. The van der Waals surface area contributed by atoms with Crippen LogP contribution in [0.4, 0.5) is 0 Å². The monoisotopic (exact) mass is 239 g/mol. The van der Waals surface area contributed by atoms with Crippen molar-refractivity contribution >= 4 is 22.6 Å². The van der Waals surface area contributed by atoms with E-state index in [9.17, 15) is 0 Å². The largest absolute Gasteiger partial charge is 0.0864 e. The quantitative estimate of drug-likeness (QED) is 0.377. The van der Waals surface area contributed by atoms with E-state index in [0.717, 1.165) is 0 Å². The maximum atomic E-state index is 2.42. The fourth-order valence-electron chi connectivity index (χ4n) is 0.760. The van der Waals surface area contributed by atoms with E-state index in [2.05, 4.69) is 35.9 Å². The SMILES string of the molecule is CCCCC[CH]CCI. The topological polar surface area (TPSA) is 0 Å². The molecular formula is C8H16I. The van der Waals surface area contributed by atoms with Crippen LogP contribution < -0.4 is 0 Å². The van der Waals surface area contributed by atoms with Crippen LogP contribution in [-0.4, -0.2) is 4.43 Å². The summed E-state index contributed by atoms with van der Waals surface area (Å²) in [5, 5.41) is 0. The van der Waals surface area contributed by atoms with Gasteiger partial charge in [-0.15, -0.1) is 0 Å². The van der Waals surface area contributed by atoms with E-state index in [-0.39, 0.29) is 0 Å². The minimum atomic E-state index is 1.28. The molecule has 0 unspecified atom stereocenters. The molecule has 1 radical (unpaired) electrons. The molecule has 0 spiro atoms. The van der Waals surface area contributed by atoms with Crippen LogP contribution in [0, 0.1) is 6.42 Å². The maximum Gasteiger partial charge on any atom is -0.000199 e. The molecule has 0 aliphatic heterocycles. The van der Waals surface area contributed by atoms with Gasteiger partial charge in [-0.2, -0.15) is 0 Å². The Morgan fingerprint density at radius 3 is 2.56 bits per heavy atom. The summed E-state index contributed by atoms with van der Waals surface area (Å²) in [6.07, 6.45) is 9.17. The first-order valence-electron chi connectivity index (χ1n) is 3.79. The lowest BCUT2D eigenvalue weighted by Crippen LogP contribution is -1.79. The molecule has 0 rings (SSSR count). The summed E-state index contributed by atoms with van der Waals surface area (Å²) in [7, 11) is 0. The van der Waals surface area contributed by atoms with Gasteiger partial charge < -0.3 is 0 Å². The van der Waals surface area contributed by atoms with Crippen LogP contribution in [0.2, 0.25) is 0 Å². The molecule has 55 valence electrons. The maximum absolute atomic E-state index is 2.42. The zero-order valence-electron chi connectivity index (χ0n) is 6.20. The molecule has 0 aromatic heterocycles. The first-order chi connectivity index (χ1) is 4.41. The summed E-state index contributed by atoms with van der Waals surface area (Å²) < 4.78 is 1.28. The number of hydrogen-bond acceptors (Lipinski definition) is 0. The van der Waals surface area contributed by atoms with Gasteiger partial charge in [0, 0.05) is 0 Å². The molecule has 0 heterocycles. The minimum Gasteiger partial charge on any atom is -0.0864 e. The third kappa shape index (κ3) is 8.73. The van der Waals surface area contributed by atoms with Gasteiger partial charge in [-0.1, -0.05) is 55.2 Å². The summed E-state index contributed by atoms with van der Waals surface area (Å²) >= 11 is 2.42. The van der Waals surface area contributed by atoms with E-state index in [1.54, 1.807) is 0 Å². The molecule has 0 amide bonds. The van der Waals surface area contributed by atoms with Crippen molar-refractivity contribution in [2.45, 2.75) is 39.0 Å². The number of halogens is 1. The predicted octanol–water partition coefficient (Wildman–Crippen LogP) is 3.60. The first-order valence-corrected chi connectivity index (χ1v) is 5.32. The van der Waals surface area contributed by atoms with Gasteiger partial charge in [-0.3, -0.25) is 0 Å². The lowest BCUT2D eigenvalue weighted by atomic mass is 10.1. The van der Waals surface area contributed by atoms with Crippen molar-refractivity contribution < 1.29 is 0 Å². The average Bonchev–Trinajstić information content (AvgIpc) is 1.89. The number of alkyl halides is 1. The van der Waals surface area contributed by atoms with Crippen LogP contribution in [0.15, 0.2) is 0 Å².